The van der Waals surface area contributed by atoms with Crippen molar-refractivity contribution in [3.8, 4) is 17.2 Å². The number of ketones is 1. The van der Waals surface area contributed by atoms with Crippen molar-refractivity contribution in [2.45, 2.75) is 31.9 Å². The van der Waals surface area contributed by atoms with E-state index in [9.17, 15) is 14.7 Å². The Labute approximate surface area is 239 Å². The molecule has 0 spiro atoms. The van der Waals surface area contributed by atoms with E-state index >= 15 is 0 Å². The molecule has 212 valence electrons. The number of rotatable bonds is 8. The molecule has 6 rings (SSSR count). The maximum Gasteiger partial charge on any atom is 0.295 e. The summed E-state index contributed by atoms with van der Waals surface area (Å²) in [6.07, 6.45) is 1.46. The van der Waals surface area contributed by atoms with Crippen LogP contribution in [0.15, 0.2) is 78.4 Å². The van der Waals surface area contributed by atoms with E-state index in [0.717, 1.165) is 30.9 Å². The fourth-order valence-corrected chi connectivity index (χ4v) is 5.84. The van der Waals surface area contributed by atoms with Crippen molar-refractivity contribution >= 4 is 17.4 Å². The summed E-state index contributed by atoms with van der Waals surface area (Å²) >= 11 is 0. The van der Waals surface area contributed by atoms with Crippen LogP contribution in [0.1, 0.15) is 36.1 Å². The Bertz CT molecular complexity index is 1460. The van der Waals surface area contributed by atoms with Crippen LogP contribution >= 0.6 is 0 Å². The van der Waals surface area contributed by atoms with E-state index in [-0.39, 0.29) is 17.4 Å². The van der Waals surface area contributed by atoms with E-state index in [0.29, 0.717) is 55.2 Å². The maximum absolute atomic E-state index is 13.5. The summed E-state index contributed by atoms with van der Waals surface area (Å²) in [4.78, 5) is 30.9. The molecule has 2 saturated heterocycles. The van der Waals surface area contributed by atoms with Crippen molar-refractivity contribution in [3.05, 3.63) is 95.1 Å². The second kappa shape index (κ2) is 11.8. The molecule has 0 bridgehead atoms. The molecule has 8 heteroatoms. The quantitative estimate of drug-likeness (QED) is 0.240. The highest BCUT2D eigenvalue weighted by atomic mass is 16.5. The highest BCUT2D eigenvalue weighted by Gasteiger charge is 2.46. The number of carbonyl (C=O) groups excluding carboxylic acids is 2. The van der Waals surface area contributed by atoms with Crippen LogP contribution in [0.3, 0.4) is 0 Å². The Morgan fingerprint density at radius 2 is 1.73 bits per heavy atom. The van der Waals surface area contributed by atoms with E-state index in [1.54, 1.807) is 11.0 Å². The van der Waals surface area contributed by atoms with Crippen LogP contribution in [0.4, 0.5) is 0 Å². The first-order valence-electron chi connectivity index (χ1n) is 14.2. The Hall–Kier alpha value is -4.14. The van der Waals surface area contributed by atoms with Gasteiger partial charge in [-0.2, -0.15) is 0 Å². The molecular weight excluding hydrogens is 520 g/mol. The highest BCUT2D eigenvalue weighted by Crippen LogP contribution is 2.41. The molecule has 3 aromatic rings. The molecule has 0 aromatic heterocycles. The smallest absolute Gasteiger partial charge is 0.295 e. The van der Waals surface area contributed by atoms with Gasteiger partial charge in [-0.25, -0.2) is 0 Å². The molecular formula is C33H34N2O6. The summed E-state index contributed by atoms with van der Waals surface area (Å²) in [5, 5.41) is 11.6. The van der Waals surface area contributed by atoms with Crippen LogP contribution in [0.25, 0.3) is 5.76 Å². The second-order valence-corrected chi connectivity index (χ2v) is 10.7. The average Bonchev–Trinajstić information content (AvgIpc) is 3.49. The van der Waals surface area contributed by atoms with Gasteiger partial charge in [-0.15, -0.1) is 0 Å². The first-order chi connectivity index (χ1) is 20.0. The third-order valence-electron chi connectivity index (χ3n) is 7.84. The zero-order valence-electron chi connectivity index (χ0n) is 23.1. The number of fused-ring (bicyclic) bond motifs is 1. The fourth-order valence-electron chi connectivity index (χ4n) is 5.84. The average molecular weight is 555 g/mol. The number of hydrogen-bond donors (Lipinski definition) is 1. The third kappa shape index (κ3) is 5.71. The topological polar surface area (TPSA) is 88.5 Å². The first kappa shape index (κ1) is 27.1. The largest absolute Gasteiger partial charge is 0.507 e. The third-order valence-corrected chi connectivity index (χ3v) is 7.84. The molecule has 3 aliphatic heterocycles. The van der Waals surface area contributed by atoms with Gasteiger partial charge in [-0.3, -0.25) is 14.5 Å². The molecule has 3 aromatic carbocycles. The number of benzene rings is 3. The van der Waals surface area contributed by atoms with E-state index in [1.807, 2.05) is 73.7 Å². The predicted octanol–water partition coefficient (Wildman–Crippen LogP) is 4.95. The zero-order chi connectivity index (χ0) is 28.3. The van der Waals surface area contributed by atoms with Gasteiger partial charge in [0, 0.05) is 38.2 Å². The summed E-state index contributed by atoms with van der Waals surface area (Å²) < 4.78 is 17.3. The maximum atomic E-state index is 13.5. The number of Topliss-reactive ketones (excluding diaryl/α,β-unsaturated/α-hetero) is 1. The van der Waals surface area contributed by atoms with Gasteiger partial charge >= 0.3 is 0 Å². The Morgan fingerprint density at radius 3 is 2.54 bits per heavy atom. The number of aliphatic hydroxyl groups is 1. The van der Waals surface area contributed by atoms with Crippen molar-refractivity contribution < 1.29 is 28.9 Å². The van der Waals surface area contributed by atoms with Gasteiger partial charge in [0.15, 0.2) is 0 Å². The normalized spacial score (nSPS) is 22.0. The number of morpholine rings is 1. The fraction of sp³-hybridized carbons (Fsp3) is 0.333. The lowest BCUT2D eigenvalue weighted by Crippen LogP contribution is -2.38. The monoisotopic (exact) mass is 554 g/mol. The molecule has 2 unspecified atom stereocenters. The van der Waals surface area contributed by atoms with Crippen molar-refractivity contribution in [1.29, 1.82) is 0 Å². The minimum Gasteiger partial charge on any atom is -0.507 e. The Morgan fingerprint density at radius 1 is 0.951 bits per heavy atom. The minimum absolute atomic E-state index is 0.0480. The number of nitrogens with zero attached hydrogens (tertiary/aromatic N) is 2. The number of para-hydroxylation sites is 1. The molecule has 2 fully saturated rings. The number of likely N-dealkylation sites (tertiary alicyclic amines) is 1. The van der Waals surface area contributed by atoms with E-state index in [1.165, 1.54) is 0 Å². The minimum atomic E-state index is -0.748. The Balaban J connectivity index is 1.35. The molecule has 2 atom stereocenters. The molecule has 0 radical (unpaired) electrons. The van der Waals surface area contributed by atoms with Gasteiger partial charge < -0.3 is 24.2 Å². The lowest BCUT2D eigenvalue weighted by molar-refractivity contribution is -0.140. The molecule has 0 aliphatic carbocycles. The van der Waals surface area contributed by atoms with Gasteiger partial charge in [0.25, 0.3) is 11.7 Å². The van der Waals surface area contributed by atoms with Crippen molar-refractivity contribution in [3.63, 3.8) is 0 Å². The van der Waals surface area contributed by atoms with Crippen LogP contribution in [0.5, 0.6) is 17.2 Å². The molecule has 1 amide bonds. The van der Waals surface area contributed by atoms with Gasteiger partial charge in [-0.1, -0.05) is 30.3 Å². The van der Waals surface area contributed by atoms with Crippen molar-refractivity contribution in [2.75, 3.05) is 39.4 Å². The van der Waals surface area contributed by atoms with Gasteiger partial charge in [-0.05, 0) is 66.9 Å². The standard InChI is InChI=1S/C33H34N2O6/c1-22-19-25-20-24(11-12-28(25)40-22)31(36)29-30(23-7-5-10-27(21-23)41-26-8-3-2-4-9-26)35(33(38)32(29)37)14-6-13-34-15-17-39-18-16-34/h2-5,7-12,20-22,30,36H,6,13-19H2,1H3/b31-29-. The zero-order valence-corrected chi connectivity index (χ0v) is 23.1. The van der Waals surface area contributed by atoms with Crippen LogP contribution in [0.2, 0.25) is 0 Å². The second-order valence-electron chi connectivity index (χ2n) is 10.7. The molecule has 3 aliphatic rings. The predicted molar refractivity (Wildman–Crippen MR) is 154 cm³/mol. The summed E-state index contributed by atoms with van der Waals surface area (Å²) in [5.74, 6) is 0.570. The number of hydrogen-bond acceptors (Lipinski definition) is 7. The van der Waals surface area contributed by atoms with Gasteiger partial charge in [0.1, 0.15) is 29.1 Å². The highest BCUT2D eigenvalue weighted by molar-refractivity contribution is 6.46. The van der Waals surface area contributed by atoms with Crippen LogP contribution in [-0.4, -0.2) is 72.1 Å². The molecule has 3 heterocycles. The summed E-state index contributed by atoms with van der Waals surface area (Å²) in [5.41, 5.74) is 2.25. The molecule has 8 nitrogen and oxygen atoms in total. The van der Waals surface area contributed by atoms with E-state index < -0.39 is 17.7 Å². The van der Waals surface area contributed by atoms with Crippen LogP contribution in [-0.2, 0) is 20.7 Å². The number of carbonyl (C=O) groups is 2. The molecule has 0 saturated carbocycles. The molecule has 1 N–H and O–H groups in total. The van der Waals surface area contributed by atoms with E-state index in [2.05, 4.69) is 4.90 Å². The summed E-state index contributed by atoms with van der Waals surface area (Å²) in [6.45, 7) is 6.25. The lowest BCUT2D eigenvalue weighted by Gasteiger charge is -2.29. The van der Waals surface area contributed by atoms with Gasteiger partial charge in [0.2, 0.25) is 0 Å². The van der Waals surface area contributed by atoms with Crippen LogP contribution in [0, 0.1) is 0 Å². The number of amides is 1. The SMILES string of the molecule is CC1Cc2cc(/C(O)=C3/C(=O)C(=O)N(CCCN4CCOCC4)C3c3cccc(Oc4ccccc4)c3)ccc2O1. The lowest BCUT2D eigenvalue weighted by atomic mass is 9.94. The molecule has 41 heavy (non-hydrogen) atoms. The summed E-state index contributed by atoms with van der Waals surface area (Å²) in [7, 11) is 0. The first-order valence-corrected chi connectivity index (χ1v) is 14.2. The van der Waals surface area contributed by atoms with E-state index in [4.69, 9.17) is 14.2 Å². The van der Waals surface area contributed by atoms with Gasteiger partial charge in [0.05, 0.1) is 24.8 Å². The summed E-state index contributed by atoms with van der Waals surface area (Å²) in [6, 6.07) is 21.5. The van der Waals surface area contributed by atoms with Crippen molar-refractivity contribution in [2.24, 2.45) is 0 Å². The Kier molecular flexibility index (Phi) is 7.76. The van der Waals surface area contributed by atoms with Crippen molar-refractivity contribution in [1.82, 2.24) is 9.80 Å². The number of ether oxygens (including phenoxy) is 3. The van der Waals surface area contributed by atoms with Crippen LogP contribution < -0.4 is 9.47 Å². The number of aliphatic hydroxyl groups excluding tert-OH is 1.